The second-order valence-electron chi connectivity index (χ2n) is 6.67. The van der Waals surface area contributed by atoms with Gasteiger partial charge < -0.3 is 18.8 Å². The fraction of sp³-hybridized carbons (Fsp3) is 0.286. The lowest BCUT2D eigenvalue weighted by molar-refractivity contribution is 0.0473. The molecule has 3 heterocycles. The summed E-state index contributed by atoms with van der Waals surface area (Å²) in [7, 11) is 0. The van der Waals surface area contributed by atoms with Gasteiger partial charge in [-0.2, -0.15) is 0 Å². The van der Waals surface area contributed by atoms with Crippen LogP contribution in [-0.2, 0) is 16.1 Å². The summed E-state index contributed by atoms with van der Waals surface area (Å²) in [5.41, 5.74) is 1.96. The summed E-state index contributed by atoms with van der Waals surface area (Å²) in [4.78, 5) is 30.6. The van der Waals surface area contributed by atoms with E-state index in [0.717, 1.165) is 29.9 Å². The average molecular weight is 380 g/mol. The molecular formula is C21H20N2O5. The molecule has 144 valence electrons. The smallest absolute Gasteiger partial charge is 0.340 e. The number of aryl methyl sites for hydroxylation is 1. The van der Waals surface area contributed by atoms with Crippen molar-refractivity contribution in [1.29, 1.82) is 0 Å². The zero-order valence-electron chi connectivity index (χ0n) is 15.5. The highest BCUT2D eigenvalue weighted by atomic mass is 16.5. The van der Waals surface area contributed by atoms with Crippen molar-refractivity contribution in [3.63, 3.8) is 0 Å². The number of carbonyl (C=O) groups excluding carboxylic acids is 1. The SMILES string of the molecule is Cc1ccc2c(COC(=O)c3ccc(N4CCOCC4)nc3)cc(=O)oc2c1. The fourth-order valence-corrected chi connectivity index (χ4v) is 3.17. The Morgan fingerprint density at radius 1 is 1.18 bits per heavy atom. The molecule has 0 radical (unpaired) electrons. The Hall–Kier alpha value is -3.19. The number of hydrogen-bond acceptors (Lipinski definition) is 7. The Morgan fingerprint density at radius 3 is 2.75 bits per heavy atom. The van der Waals surface area contributed by atoms with Crippen LogP contribution in [0.1, 0.15) is 21.5 Å². The lowest BCUT2D eigenvalue weighted by Gasteiger charge is -2.27. The van der Waals surface area contributed by atoms with Crippen molar-refractivity contribution in [3.8, 4) is 0 Å². The molecule has 0 amide bonds. The number of carbonyl (C=O) groups is 1. The van der Waals surface area contributed by atoms with Gasteiger partial charge in [0.1, 0.15) is 18.0 Å². The van der Waals surface area contributed by atoms with Gasteiger partial charge >= 0.3 is 11.6 Å². The molecule has 0 spiro atoms. The maximum absolute atomic E-state index is 12.4. The highest BCUT2D eigenvalue weighted by molar-refractivity contribution is 5.89. The van der Waals surface area contributed by atoms with Crippen LogP contribution in [0.25, 0.3) is 11.0 Å². The first-order chi connectivity index (χ1) is 13.6. The number of anilines is 1. The van der Waals surface area contributed by atoms with E-state index in [0.29, 0.717) is 29.9 Å². The summed E-state index contributed by atoms with van der Waals surface area (Å²) in [6.45, 7) is 4.79. The second kappa shape index (κ2) is 7.82. The van der Waals surface area contributed by atoms with Crippen LogP contribution >= 0.6 is 0 Å². The highest BCUT2D eigenvalue weighted by Gasteiger charge is 2.15. The highest BCUT2D eigenvalue weighted by Crippen LogP contribution is 2.20. The van der Waals surface area contributed by atoms with Gasteiger partial charge in [-0.3, -0.25) is 0 Å². The molecule has 1 saturated heterocycles. The number of rotatable bonds is 4. The molecule has 0 bridgehead atoms. The number of benzene rings is 1. The van der Waals surface area contributed by atoms with Gasteiger partial charge in [-0.25, -0.2) is 14.6 Å². The van der Waals surface area contributed by atoms with E-state index < -0.39 is 11.6 Å². The molecular weight excluding hydrogens is 360 g/mol. The molecule has 28 heavy (non-hydrogen) atoms. The van der Waals surface area contributed by atoms with Gasteiger partial charge in [0.2, 0.25) is 0 Å². The van der Waals surface area contributed by atoms with Crippen molar-refractivity contribution in [2.24, 2.45) is 0 Å². The van der Waals surface area contributed by atoms with Crippen molar-refractivity contribution in [1.82, 2.24) is 4.98 Å². The molecule has 1 aromatic carbocycles. The predicted molar refractivity (Wildman–Crippen MR) is 104 cm³/mol. The van der Waals surface area contributed by atoms with Crippen LogP contribution in [0.15, 0.2) is 51.8 Å². The van der Waals surface area contributed by atoms with Crippen molar-refractivity contribution in [3.05, 3.63) is 69.7 Å². The van der Waals surface area contributed by atoms with Crippen LogP contribution in [0.3, 0.4) is 0 Å². The molecule has 7 nitrogen and oxygen atoms in total. The molecule has 1 aliphatic rings. The zero-order valence-corrected chi connectivity index (χ0v) is 15.5. The minimum Gasteiger partial charge on any atom is -0.457 e. The number of nitrogens with zero attached hydrogens (tertiary/aromatic N) is 2. The quantitative estimate of drug-likeness (QED) is 0.508. The summed E-state index contributed by atoms with van der Waals surface area (Å²) in [6, 6.07) is 10.4. The third-order valence-electron chi connectivity index (χ3n) is 4.66. The van der Waals surface area contributed by atoms with Gasteiger partial charge in [-0.15, -0.1) is 0 Å². The van der Waals surface area contributed by atoms with E-state index in [2.05, 4.69) is 9.88 Å². The normalized spacial score (nSPS) is 14.2. The van der Waals surface area contributed by atoms with Gasteiger partial charge in [0.05, 0.1) is 18.8 Å². The third kappa shape index (κ3) is 3.89. The molecule has 2 aromatic heterocycles. The Labute approximate surface area is 161 Å². The van der Waals surface area contributed by atoms with E-state index >= 15 is 0 Å². The molecule has 1 aliphatic heterocycles. The van der Waals surface area contributed by atoms with Crippen LogP contribution < -0.4 is 10.5 Å². The van der Waals surface area contributed by atoms with Crippen molar-refractivity contribution < 1.29 is 18.7 Å². The zero-order chi connectivity index (χ0) is 19.5. The monoisotopic (exact) mass is 380 g/mol. The molecule has 7 heteroatoms. The van der Waals surface area contributed by atoms with Crippen molar-refractivity contribution in [2.45, 2.75) is 13.5 Å². The van der Waals surface area contributed by atoms with E-state index in [-0.39, 0.29) is 6.61 Å². The van der Waals surface area contributed by atoms with Gasteiger partial charge in [0, 0.05) is 36.3 Å². The number of morpholine rings is 1. The van der Waals surface area contributed by atoms with Gasteiger partial charge in [0.15, 0.2) is 0 Å². The minimum absolute atomic E-state index is 0.0186. The van der Waals surface area contributed by atoms with Crippen LogP contribution in [0.2, 0.25) is 0 Å². The predicted octanol–water partition coefficient (Wildman–Crippen LogP) is 2.69. The summed E-state index contributed by atoms with van der Waals surface area (Å²) in [5.74, 6) is 0.316. The van der Waals surface area contributed by atoms with Gasteiger partial charge in [0.25, 0.3) is 0 Å². The molecule has 3 aromatic rings. The fourth-order valence-electron chi connectivity index (χ4n) is 3.17. The molecule has 0 aliphatic carbocycles. The topological polar surface area (TPSA) is 81.9 Å². The van der Waals surface area contributed by atoms with Crippen molar-refractivity contribution in [2.75, 3.05) is 31.2 Å². The Kier molecular flexibility index (Phi) is 5.08. The lowest BCUT2D eigenvalue weighted by atomic mass is 10.1. The number of esters is 1. The number of fused-ring (bicyclic) bond motifs is 1. The molecule has 0 unspecified atom stereocenters. The summed E-state index contributed by atoms with van der Waals surface area (Å²) in [5, 5.41) is 0.749. The van der Waals surface area contributed by atoms with E-state index in [9.17, 15) is 9.59 Å². The van der Waals surface area contributed by atoms with E-state index in [1.54, 1.807) is 18.2 Å². The summed E-state index contributed by atoms with van der Waals surface area (Å²) >= 11 is 0. The number of aromatic nitrogens is 1. The Morgan fingerprint density at radius 2 is 2.00 bits per heavy atom. The first kappa shape index (κ1) is 18.2. The van der Waals surface area contributed by atoms with E-state index in [1.165, 1.54) is 12.3 Å². The standard InChI is InChI=1S/C21H20N2O5/c1-14-2-4-17-16(11-20(24)28-18(17)10-14)13-27-21(25)15-3-5-19(22-12-15)23-6-8-26-9-7-23/h2-5,10-12H,6-9,13H2,1H3. The second-order valence-corrected chi connectivity index (χ2v) is 6.67. The van der Waals surface area contributed by atoms with Gasteiger partial charge in [-0.1, -0.05) is 12.1 Å². The minimum atomic E-state index is -0.491. The summed E-state index contributed by atoms with van der Waals surface area (Å²) < 4.78 is 16.0. The number of hydrogen-bond donors (Lipinski definition) is 0. The largest absolute Gasteiger partial charge is 0.457 e. The maximum atomic E-state index is 12.4. The van der Waals surface area contributed by atoms with Crippen LogP contribution in [-0.4, -0.2) is 37.3 Å². The first-order valence-corrected chi connectivity index (χ1v) is 9.09. The molecule has 4 rings (SSSR count). The van der Waals surface area contributed by atoms with Crippen molar-refractivity contribution >= 4 is 22.8 Å². The first-order valence-electron chi connectivity index (χ1n) is 9.09. The average Bonchev–Trinajstić information content (AvgIpc) is 2.72. The van der Waals surface area contributed by atoms with E-state index in [1.807, 2.05) is 19.1 Å². The van der Waals surface area contributed by atoms with Crippen LogP contribution in [0.4, 0.5) is 5.82 Å². The molecule has 0 N–H and O–H groups in total. The van der Waals surface area contributed by atoms with Gasteiger partial charge in [-0.05, 0) is 30.7 Å². The third-order valence-corrected chi connectivity index (χ3v) is 4.66. The number of ether oxygens (including phenoxy) is 2. The molecule has 1 fully saturated rings. The Bertz CT molecular complexity index is 1050. The van der Waals surface area contributed by atoms with Crippen LogP contribution in [0, 0.1) is 6.92 Å². The van der Waals surface area contributed by atoms with Crippen LogP contribution in [0.5, 0.6) is 0 Å². The van der Waals surface area contributed by atoms with E-state index in [4.69, 9.17) is 13.9 Å². The molecule has 0 saturated carbocycles. The number of pyridine rings is 1. The Balaban J connectivity index is 1.47. The maximum Gasteiger partial charge on any atom is 0.340 e. The molecule has 0 atom stereocenters. The summed E-state index contributed by atoms with van der Waals surface area (Å²) in [6.07, 6.45) is 1.51. The lowest BCUT2D eigenvalue weighted by Crippen LogP contribution is -2.36.